The van der Waals surface area contributed by atoms with Crippen LogP contribution in [-0.4, -0.2) is 18.5 Å². The number of amides is 3. The van der Waals surface area contributed by atoms with Gasteiger partial charge >= 0.3 is 6.03 Å². The van der Waals surface area contributed by atoms with Crippen molar-refractivity contribution in [2.75, 3.05) is 11.9 Å². The zero-order chi connectivity index (χ0) is 15.8. The second-order valence-electron chi connectivity index (χ2n) is 4.62. The Kier molecular flexibility index (Phi) is 5.54. The normalized spacial score (nSPS) is 9.86. The van der Waals surface area contributed by atoms with Gasteiger partial charge in [0.1, 0.15) is 5.75 Å². The molecular formula is C17H18N2O3. The summed E-state index contributed by atoms with van der Waals surface area (Å²) in [6.45, 7) is 2.50. The van der Waals surface area contributed by atoms with Crippen molar-refractivity contribution in [2.45, 2.75) is 13.3 Å². The number of urea groups is 1. The first-order chi connectivity index (χ1) is 10.7. The van der Waals surface area contributed by atoms with Crippen molar-refractivity contribution in [1.82, 2.24) is 5.32 Å². The van der Waals surface area contributed by atoms with E-state index in [-0.39, 0.29) is 0 Å². The highest BCUT2D eigenvalue weighted by atomic mass is 16.5. The number of benzene rings is 2. The molecule has 22 heavy (non-hydrogen) atoms. The molecule has 0 spiro atoms. The number of imide groups is 1. The highest BCUT2D eigenvalue weighted by molar-refractivity contribution is 6.09. The molecule has 0 radical (unpaired) electrons. The third-order valence-corrected chi connectivity index (χ3v) is 2.85. The minimum atomic E-state index is -0.582. The number of hydrogen-bond acceptors (Lipinski definition) is 3. The van der Waals surface area contributed by atoms with Gasteiger partial charge in [0.25, 0.3) is 5.91 Å². The van der Waals surface area contributed by atoms with Gasteiger partial charge in [-0.3, -0.25) is 10.1 Å². The van der Waals surface area contributed by atoms with E-state index in [0.29, 0.717) is 23.6 Å². The maximum Gasteiger partial charge on any atom is 0.326 e. The fraction of sp³-hybridized carbons (Fsp3) is 0.176. The molecule has 0 aliphatic rings. The third kappa shape index (κ3) is 4.34. The fourth-order valence-electron chi connectivity index (χ4n) is 1.85. The second kappa shape index (κ2) is 7.83. The van der Waals surface area contributed by atoms with E-state index in [1.807, 2.05) is 13.0 Å². The van der Waals surface area contributed by atoms with E-state index in [1.54, 1.807) is 48.5 Å². The molecule has 0 fully saturated rings. The zero-order valence-electron chi connectivity index (χ0n) is 12.3. The van der Waals surface area contributed by atoms with Crippen LogP contribution in [0.1, 0.15) is 23.7 Å². The van der Waals surface area contributed by atoms with Gasteiger partial charge < -0.3 is 10.1 Å². The monoisotopic (exact) mass is 298 g/mol. The summed E-state index contributed by atoms with van der Waals surface area (Å²) in [4.78, 5) is 24.0. The molecule has 2 aromatic carbocycles. The van der Waals surface area contributed by atoms with Crippen LogP contribution >= 0.6 is 0 Å². The Bertz CT molecular complexity index is 641. The molecule has 0 saturated carbocycles. The molecule has 114 valence electrons. The lowest BCUT2D eigenvalue weighted by molar-refractivity contribution is 0.0963. The predicted octanol–water partition coefficient (Wildman–Crippen LogP) is 3.44. The number of ether oxygens (including phenoxy) is 1. The highest BCUT2D eigenvalue weighted by Crippen LogP contribution is 2.18. The Labute approximate surface area is 129 Å². The molecule has 5 nitrogen and oxygen atoms in total. The largest absolute Gasteiger partial charge is 0.493 e. The number of anilines is 1. The van der Waals surface area contributed by atoms with Crippen LogP contribution in [0.5, 0.6) is 5.75 Å². The molecular weight excluding hydrogens is 280 g/mol. The van der Waals surface area contributed by atoms with Crippen LogP contribution in [0.15, 0.2) is 54.6 Å². The molecule has 0 aromatic heterocycles. The molecule has 0 saturated heterocycles. The van der Waals surface area contributed by atoms with E-state index < -0.39 is 11.9 Å². The molecule has 2 N–H and O–H groups in total. The average molecular weight is 298 g/mol. The average Bonchev–Trinajstić information content (AvgIpc) is 2.54. The molecule has 2 aromatic rings. The van der Waals surface area contributed by atoms with Crippen molar-refractivity contribution in [1.29, 1.82) is 0 Å². The second-order valence-corrected chi connectivity index (χ2v) is 4.62. The van der Waals surface area contributed by atoms with Crippen molar-refractivity contribution in [2.24, 2.45) is 0 Å². The van der Waals surface area contributed by atoms with Crippen LogP contribution in [0.2, 0.25) is 0 Å². The van der Waals surface area contributed by atoms with Gasteiger partial charge in [-0.15, -0.1) is 0 Å². The number of nitrogens with one attached hydrogen (secondary N) is 2. The first-order valence-electron chi connectivity index (χ1n) is 7.10. The number of para-hydroxylation sites is 2. The van der Waals surface area contributed by atoms with Crippen molar-refractivity contribution in [3.63, 3.8) is 0 Å². The predicted molar refractivity (Wildman–Crippen MR) is 85.2 cm³/mol. The van der Waals surface area contributed by atoms with Gasteiger partial charge in [-0.1, -0.05) is 37.3 Å². The summed E-state index contributed by atoms with van der Waals surface area (Å²) in [6, 6.07) is 15.2. The van der Waals surface area contributed by atoms with Gasteiger partial charge in [-0.2, -0.15) is 0 Å². The van der Waals surface area contributed by atoms with Crippen LogP contribution in [-0.2, 0) is 0 Å². The summed E-state index contributed by atoms with van der Waals surface area (Å²) in [5, 5.41) is 4.89. The van der Waals surface area contributed by atoms with Crippen molar-refractivity contribution in [3.8, 4) is 5.75 Å². The molecule has 0 heterocycles. The van der Waals surface area contributed by atoms with E-state index in [2.05, 4.69) is 10.6 Å². The van der Waals surface area contributed by atoms with Gasteiger partial charge in [0, 0.05) is 5.69 Å². The minimum absolute atomic E-state index is 0.333. The quantitative estimate of drug-likeness (QED) is 0.888. The summed E-state index contributed by atoms with van der Waals surface area (Å²) in [5.41, 5.74) is 0.947. The van der Waals surface area contributed by atoms with E-state index >= 15 is 0 Å². The minimum Gasteiger partial charge on any atom is -0.493 e. The molecule has 0 aliphatic carbocycles. The topological polar surface area (TPSA) is 67.4 Å². The fourth-order valence-corrected chi connectivity index (χ4v) is 1.85. The SMILES string of the molecule is CCCOc1ccccc1C(=O)NC(=O)Nc1ccccc1. The first-order valence-corrected chi connectivity index (χ1v) is 7.10. The molecule has 3 amide bonds. The maximum absolute atomic E-state index is 12.2. The van der Waals surface area contributed by atoms with Crippen LogP contribution < -0.4 is 15.4 Å². The lowest BCUT2D eigenvalue weighted by Gasteiger charge is -2.11. The van der Waals surface area contributed by atoms with Crippen molar-refractivity contribution in [3.05, 3.63) is 60.2 Å². The Hall–Kier alpha value is -2.82. The molecule has 0 aliphatic heterocycles. The van der Waals surface area contributed by atoms with Crippen LogP contribution in [0.4, 0.5) is 10.5 Å². The van der Waals surface area contributed by atoms with Gasteiger partial charge in [0.15, 0.2) is 0 Å². The molecule has 0 atom stereocenters. The summed E-state index contributed by atoms with van der Waals surface area (Å²) in [5.74, 6) is -0.0329. The van der Waals surface area contributed by atoms with Gasteiger partial charge in [0.2, 0.25) is 0 Å². The summed E-state index contributed by atoms with van der Waals surface area (Å²) in [7, 11) is 0. The molecule has 0 unspecified atom stereocenters. The standard InChI is InChI=1S/C17H18N2O3/c1-2-12-22-15-11-7-6-10-14(15)16(20)19-17(21)18-13-8-4-3-5-9-13/h3-11H,2,12H2,1H3,(H2,18,19,20,21). The van der Waals surface area contributed by atoms with Crippen molar-refractivity contribution < 1.29 is 14.3 Å². The van der Waals surface area contributed by atoms with E-state index in [9.17, 15) is 9.59 Å². The zero-order valence-corrected chi connectivity index (χ0v) is 12.3. The number of rotatable bonds is 5. The molecule has 0 bridgehead atoms. The van der Waals surface area contributed by atoms with Crippen LogP contribution in [0.3, 0.4) is 0 Å². The Morgan fingerprint density at radius 1 is 1.00 bits per heavy atom. The highest BCUT2D eigenvalue weighted by Gasteiger charge is 2.14. The Balaban J connectivity index is 2.01. The third-order valence-electron chi connectivity index (χ3n) is 2.85. The molecule has 5 heteroatoms. The van der Waals surface area contributed by atoms with E-state index in [1.165, 1.54) is 0 Å². The Morgan fingerprint density at radius 2 is 1.68 bits per heavy atom. The summed E-state index contributed by atoms with van der Waals surface area (Å²) < 4.78 is 5.51. The number of hydrogen-bond donors (Lipinski definition) is 2. The first kappa shape index (κ1) is 15.6. The maximum atomic E-state index is 12.2. The van der Waals surface area contributed by atoms with Gasteiger partial charge in [-0.05, 0) is 30.7 Å². The van der Waals surface area contributed by atoms with E-state index in [4.69, 9.17) is 4.74 Å². The smallest absolute Gasteiger partial charge is 0.326 e. The van der Waals surface area contributed by atoms with Gasteiger partial charge in [-0.25, -0.2) is 4.79 Å². The Morgan fingerprint density at radius 3 is 2.41 bits per heavy atom. The van der Waals surface area contributed by atoms with Crippen LogP contribution in [0, 0.1) is 0 Å². The van der Waals surface area contributed by atoms with Crippen LogP contribution in [0.25, 0.3) is 0 Å². The summed E-state index contributed by atoms with van der Waals surface area (Å²) in [6.07, 6.45) is 0.838. The van der Waals surface area contributed by atoms with Gasteiger partial charge in [0.05, 0.1) is 12.2 Å². The van der Waals surface area contributed by atoms with Crippen molar-refractivity contribution >= 4 is 17.6 Å². The lowest BCUT2D eigenvalue weighted by Crippen LogP contribution is -2.34. The number of carbonyl (C=O) groups excluding carboxylic acids is 2. The summed E-state index contributed by atoms with van der Waals surface area (Å²) >= 11 is 0. The lowest BCUT2D eigenvalue weighted by atomic mass is 10.2. The molecule has 2 rings (SSSR count). The number of carbonyl (C=O) groups is 2. The van der Waals surface area contributed by atoms with E-state index in [0.717, 1.165) is 6.42 Å².